The van der Waals surface area contributed by atoms with Crippen LogP contribution in [0.5, 0.6) is 0 Å². The van der Waals surface area contributed by atoms with Crippen molar-refractivity contribution in [2.45, 2.75) is 27.3 Å². The molecule has 2 rings (SSSR count). The predicted molar refractivity (Wildman–Crippen MR) is 103 cm³/mol. The van der Waals surface area contributed by atoms with Gasteiger partial charge in [0.15, 0.2) is 0 Å². The summed E-state index contributed by atoms with van der Waals surface area (Å²) in [6, 6.07) is 0. The summed E-state index contributed by atoms with van der Waals surface area (Å²) in [6.45, 7) is 4.47. The normalized spacial score (nSPS) is 10.6. The highest BCUT2D eigenvalue weighted by Gasteiger charge is 2.28. The number of primary amides is 1. The van der Waals surface area contributed by atoms with Gasteiger partial charge in [-0.15, -0.1) is 11.3 Å². The zero-order valence-corrected chi connectivity index (χ0v) is 17.5. The second-order valence-corrected chi connectivity index (χ2v) is 7.34. The third kappa shape index (κ3) is 4.20. The van der Waals surface area contributed by atoms with Crippen molar-refractivity contribution >= 4 is 55.9 Å². The lowest BCUT2D eigenvalue weighted by molar-refractivity contribution is -0.390. The first-order valence-electron chi connectivity index (χ1n) is 7.85. The number of anilines is 1. The molecule has 0 atom stereocenters. The minimum atomic E-state index is -0.740. The van der Waals surface area contributed by atoms with Gasteiger partial charge in [-0.2, -0.15) is 4.68 Å². The average molecular weight is 474 g/mol. The summed E-state index contributed by atoms with van der Waals surface area (Å²) in [5, 5.41) is 17.4. The molecular formula is C15H16BrN5O6S. The summed E-state index contributed by atoms with van der Waals surface area (Å²) in [5.41, 5.74) is 6.04. The lowest BCUT2D eigenvalue weighted by atomic mass is 10.1. The number of thiophene rings is 1. The highest BCUT2D eigenvalue weighted by molar-refractivity contribution is 9.10. The Bertz CT molecular complexity index is 982. The first kappa shape index (κ1) is 21.5. The fourth-order valence-corrected chi connectivity index (χ4v) is 3.86. The molecule has 0 aliphatic carbocycles. The SMILES string of the molecule is CCOC(=O)c1c(NC(=O)Cn2nc([N+](=O)[O-])c(Br)c2C)sc(C(N)=O)c1C. The van der Waals surface area contributed by atoms with Gasteiger partial charge >= 0.3 is 11.8 Å². The van der Waals surface area contributed by atoms with Crippen LogP contribution >= 0.6 is 27.3 Å². The number of hydrogen-bond acceptors (Lipinski definition) is 8. The fourth-order valence-electron chi connectivity index (χ4n) is 2.37. The van der Waals surface area contributed by atoms with Gasteiger partial charge in [-0.3, -0.25) is 9.59 Å². The molecule has 28 heavy (non-hydrogen) atoms. The van der Waals surface area contributed by atoms with Crippen LogP contribution in [0.4, 0.5) is 10.8 Å². The third-order valence-corrected chi connectivity index (χ3v) is 5.84. The Kier molecular flexibility index (Phi) is 6.51. The van der Waals surface area contributed by atoms with E-state index < -0.39 is 28.5 Å². The van der Waals surface area contributed by atoms with E-state index in [-0.39, 0.29) is 33.1 Å². The Morgan fingerprint density at radius 2 is 2.04 bits per heavy atom. The number of nitrogens with zero attached hydrogens (tertiary/aromatic N) is 3. The number of nitrogens with two attached hydrogens (primary N) is 1. The molecule has 11 nitrogen and oxygen atoms in total. The number of amides is 2. The highest BCUT2D eigenvalue weighted by atomic mass is 79.9. The zero-order valence-electron chi connectivity index (χ0n) is 15.1. The molecule has 0 radical (unpaired) electrons. The number of nitrogens with one attached hydrogen (secondary N) is 1. The topological polar surface area (TPSA) is 159 Å². The van der Waals surface area contributed by atoms with E-state index in [9.17, 15) is 24.5 Å². The summed E-state index contributed by atoms with van der Waals surface area (Å²) in [5.74, 6) is -2.46. The number of halogens is 1. The van der Waals surface area contributed by atoms with E-state index in [1.54, 1.807) is 13.8 Å². The van der Waals surface area contributed by atoms with Crippen LogP contribution in [0.3, 0.4) is 0 Å². The van der Waals surface area contributed by atoms with Gasteiger partial charge in [-0.1, -0.05) is 0 Å². The van der Waals surface area contributed by atoms with E-state index >= 15 is 0 Å². The van der Waals surface area contributed by atoms with Gasteiger partial charge < -0.3 is 25.9 Å². The summed E-state index contributed by atoms with van der Waals surface area (Å²) >= 11 is 3.92. The van der Waals surface area contributed by atoms with Crippen LogP contribution in [0.25, 0.3) is 0 Å². The Labute approximate surface area is 171 Å². The smallest absolute Gasteiger partial charge is 0.404 e. The van der Waals surface area contributed by atoms with Crippen LogP contribution in [0, 0.1) is 24.0 Å². The highest BCUT2D eigenvalue weighted by Crippen LogP contribution is 2.33. The standard InChI is InChI=1S/C15H16BrN5O6S/c1-4-27-15(24)9-6(2)11(12(17)23)28-14(9)18-8(22)5-20-7(3)10(16)13(19-20)21(25)26/h4-5H2,1-3H3,(H2,17,23)(H,18,22). The van der Waals surface area contributed by atoms with E-state index in [2.05, 4.69) is 26.3 Å². The van der Waals surface area contributed by atoms with Crippen molar-refractivity contribution in [2.24, 2.45) is 5.73 Å². The molecule has 3 N–H and O–H groups in total. The Morgan fingerprint density at radius 3 is 2.54 bits per heavy atom. The number of rotatable bonds is 7. The molecule has 2 aromatic heterocycles. The van der Waals surface area contributed by atoms with Crippen molar-refractivity contribution < 1.29 is 24.0 Å². The number of nitro groups is 1. The Morgan fingerprint density at radius 1 is 1.39 bits per heavy atom. The van der Waals surface area contributed by atoms with Crippen LogP contribution in [0.2, 0.25) is 0 Å². The zero-order chi connectivity index (χ0) is 21.2. The van der Waals surface area contributed by atoms with Gasteiger partial charge in [0.25, 0.3) is 5.91 Å². The van der Waals surface area contributed by atoms with E-state index in [1.165, 1.54) is 6.92 Å². The molecule has 0 saturated carbocycles. The fraction of sp³-hybridized carbons (Fsp3) is 0.333. The van der Waals surface area contributed by atoms with E-state index in [0.29, 0.717) is 11.3 Å². The summed E-state index contributed by atoms with van der Waals surface area (Å²) in [7, 11) is 0. The van der Waals surface area contributed by atoms with Gasteiger partial charge in [-0.25, -0.2) is 4.79 Å². The molecule has 13 heteroatoms. The summed E-state index contributed by atoms with van der Waals surface area (Å²) in [4.78, 5) is 46.6. The first-order chi connectivity index (χ1) is 13.1. The molecule has 2 heterocycles. The van der Waals surface area contributed by atoms with Crippen molar-refractivity contribution in [3.63, 3.8) is 0 Å². The molecule has 150 valence electrons. The van der Waals surface area contributed by atoms with Gasteiger partial charge in [0, 0.05) is 0 Å². The monoisotopic (exact) mass is 473 g/mol. The first-order valence-corrected chi connectivity index (χ1v) is 9.46. The van der Waals surface area contributed by atoms with Gasteiger partial charge in [0.05, 0.1) is 27.8 Å². The van der Waals surface area contributed by atoms with E-state index in [0.717, 1.165) is 16.0 Å². The molecule has 0 saturated heterocycles. The second-order valence-electron chi connectivity index (χ2n) is 5.53. The predicted octanol–water partition coefficient (Wildman–Crippen LogP) is 2.15. The van der Waals surface area contributed by atoms with Crippen molar-refractivity contribution in [1.82, 2.24) is 9.78 Å². The van der Waals surface area contributed by atoms with Crippen molar-refractivity contribution in [2.75, 3.05) is 11.9 Å². The van der Waals surface area contributed by atoms with Crippen LogP contribution in [0.15, 0.2) is 4.47 Å². The maximum Gasteiger partial charge on any atom is 0.404 e. The van der Waals surface area contributed by atoms with E-state index in [1.807, 2.05) is 0 Å². The second kappa shape index (κ2) is 8.48. The molecule has 2 amide bonds. The lowest BCUT2D eigenvalue weighted by Gasteiger charge is -2.07. The number of esters is 1. The minimum Gasteiger partial charge on any atom is -0.462 e. The molecule has 0 fully saturated rings. The summed E-state index contributed by atoms with van der Waals surface area (Å²) < 4.78 is 6.29. The molecule has 0 bridgehead atoms. The Hall–Kier alpha value is -2.80. The number of aromatic nitrogens is 2. The van der Waals surface area contributed by atoms with Crippen molar-refractivity contribution in [3.05, 3.63) is 36.3 Å². The molecular weight excluding hydrogens is 458 g/mol. The van der Waals surface area contributed by atoms with Crippen molar-refractivity contribution in [3.8, 4) is 0 Å². The van der Waals surface area contributed by atoms with Crippen LogP contribution in [0.1, 0.15) is 38.2 Å². The molecule has 0 unspecified atom stereocenters. The largest absolute Gasteiger partial charge is 0.462 e. The van der Waals surface area contributed by atoms with Crippen molar-refractivity contribution in [1.29, 1.82) is 0 Å². The maximum absolute atomic E-state index is 12.4. The van der Waals surface area contributed by atoms with Gasteiger partial charge in [0.2, 0.25) is 5.91 Å². The lowest BCUT2D eigenvalue weighted by Crippen LogP contribution is -2.21. The minimum absolute atomic E-state index is 0.0401. The quantitative estimate of drug-likeness (QED) is 0.353. The number of hydrogen-bond donors (Lipinski definition) is 2. The summed E-state index contributed by atoms with van der Waals surface area (Å²) in [6.07, 6.45) is 0. The number of carbonyl (C=O) groups excluding carboxylic acids is 3. The van der Waals surface area contributed by atoms with Crippen LogP contribution in [-0.4, -0.2) is 39.1 Å². The van der Waals surface area contributed by atoms with Gasteiger partial charge in [0.1, 0.15) is 16.0 Å². The third-order valence-electron chi connectivity index (χ3n) is 3.69. The molecule has 0 spiro atoms. The Balaban J connectivity index is 2.32. The molecule has 0 aromatic carbocycles. The van der Waals surface area contributed by atoms with E-state index in [4.69, 9.17) is 10.5 Å². The maximum atomic E-state index is 12.4. The number of ether oxygens (including phenoxy) is 1. The average Bonchev–Trinajstić information content (AvgIpc) is 3.06. The molecule has 2 aromatic rings. The van der Waals surface area contributed by atoms with Crippen LogP contribution in [-0.2, 0) is 16.1 Å². The molecule has 0 aliphatic rings. The van der Waals surface area contributed by atoms with Crippen LogP contribution < -0.4 is 11.1 Å². The number of carbonyl (C=O) groups is 3. The molecule has 0 aliphatic heterocycles. The van der Waals surface area contributed by atoms with Gasteiger partial charge in [-0.05, 0) is 47.2 Å².